The number of unbranched alkanes of at least 4 members (excludes halogenated alkanes) is 1. The molecule has 0 aliphatic carbocycles. The number of methoxy groups -OCH3 is 1. The number of fused-ring (bicyclic) bond motifs is 1. The Morgan fingerprint density at radius 2 is 1.96 bits per heavy atom. The van der Waals surface area contributed by atoms with Crippen LogP contribution in [0.5, 0.6) is 11.5 Å². The number of nitrogens with zero attached hydrogens (tertiary/aromatic N) is 1. The standard InChI is InChI=1S/C21H22N2O3/c1-3-4-13-26-18-11-9-15(14-19(18)25-2)10-12-20-22-17-8-6-5-7-16(17)21(24)23-20/h5-12,14H,3-4,13H2,1-2H3,(H,22,23,24)/b12-10+. The van der Waals surface area contributed by atoms with Gasteiger partial charge in [0.05, 0.1) is 24.6 Å². The van der Waals surface area contributed by atoms with Gasteiger partial charge in [0.2, 0.25) is 0 Å². The molecule has 3 aromatic rings. The molecule has 0 saturated carbocycles. The zero-order valence-corrected chi connectivity index (χ0v) is 15.0. The van der Waals surface area contributed by atoms with Crippen molar-refractivity contribution in [2.24, 2.45) is 0 Å². The number of aromatic amines is 1. The van der Waals surface area contributed by atoms with Crippen molar-refractivity contribution in [1.82, 2.24) is 9.97 Å². The molecule has 5 heteroatoms. The van der Waals surface area contributed by atoms with E-state index in [1.54, 1.807) is 19.3 Å². The molecular formula is C21H22N2O3. The molecule has 0 atom stereocenters. The maximum Gasteiger partial charge on any atom is 0.259 e. The molecule has 1 heterocycles. The van der Waals surface area contributed by atoms with Gasteiger partial charge in [-0.1, -0.05) is 37.6 Å². The van der Waals surface area contributed by atoms with E-state index >= 15 is 0 Å². The van der Waals surface area contributed by atoms with Gasteiger partial charge in [-0.3, -0.25) is 4.79 Å². The van der Waals surface area contributed by atoms with Gasteiger partial charge < -0.3 is 14.5 Å². The van der Waals surface area contributed by atoms with Gasteiger partial charge in [0.25, 0.3) is 5.56 Å². The Morgan fingerprint density at radius 3 is 2.77 bits per heavy atom. The summed E-state index contributed by atoms with van der Waals surface area (Å²) >= 11 is 0. The number of H-pyrrole nitrogens is 1. The van der Waals surface area contributed by atoms with Crippen LogP contribution in [0.2, 0.25) is 0 Å². The molecule has 0 spiro atoms. The van der Waals surface area contributed by atoms with Gasteiger partial charge >= 0.3 is 0 Å². The lowest BCUT2D eigenvalue weighted by molar-refractivity contribution is 0.288. The van der Waals surface area contributed by atoms with Gasteiger partial charge in [-0.15, -0.1) is 0 Å². The molecule has 26 heavy (non-hydrogen) atoms. The first kappa shape index (κ1) is 17.7. The highest BCUT2D eigenvalue weighted by atomic mass is 16.5. The summed E-state index contributed by atoms with van der Waals surface area (Å²) in [5.41, 5.74) is 1.46. The first-order valence-electron chi connectivity index (χ1n) is 8.69. The molecule has 0 amide bonds. The molecule has 0 radical (unpaired) electrons. The summed E-state index contributed by atoms with van der Waals surface area (Å²) in [7, 11) is 1.62. The number of rotatable bonds is 7. The van der Waals surface area contributed by atoms with Crippen molar-refractivity contribution in [2.45, 2.75) is 19.8 Å². The van der Waals surface area contributed by atoms with Gasteiger partial charge in [0.15, 0.2) is 11.5 Å². The Morgan fingerprint density at radius 1 is 1.12 bits per heavy atom. The molecule has 1 N–H and O–H groups in total. The van der Waals surface area contributed by atoms with Gasteiger partial charge in [-0.05, 0) is 42.3 Å². The summed E-state index contributed by atoms with van der Waals surface area (Å²) in [6, 6.07) is 13.0. The fourth-order valence-electron chi connectivity index (χ4n) is 2.59. The van der Waals surface area contributed by atoms with Gasteiger partial charge in [-0.2, -0.15) is 0 Å². The van der Waals surface area contributed by atoms with Crippen LogP contribution < -0.4 is 15.0 Å². The number of nitrogens with one attached hydrogen (secondary N) is 1. The normalized spacial score (nSPS) is 11.2. The zero-order valence-electron chi connectivity index (χ0n) is 15.0. The van der Waals surface area contributed by atoms with Crippen LogP contribution in [0.1, 0.15) is 31.2 Å². The number of hydrogen-bond acceptors (Lipinski definition) is 4. The minimum atomic E-state index is -0.146. The largest absolute Gasteiger partial charge is 0.493 e. The second kappa shape index (κ2) is 8.34. The summed E-state index contributed by atoms with van der Waals surface area (Å²) in [5, 5.41) is 0.583. The highest BCUT2D eigenvalue weighted by molar-refractivity contribution is 5.79. The van der Waals surface area contributed by atoms with Crippen LogP contribution in [0.3, 0.4) is 0 Å². The maximum atomic E-state index is 12.1. The number of benzene rings is 2. The van der Waals surface area contributed by atoms with Crippen molar-refractivity contribution < 1.29 is 9.47 Å². The Kier molecular flexibility index (Phi) is 5.69. The molecule has 0 aliphatic rings. The van der Waals surface area contributed by atoms with Crippen LogP contribution >= 0.6 is 0 Å². The lowest BCUT2D eigenvalue weighted by Gasteiger charge is -2.10. The Hall–Kier alpha value is -3.08. The van der Waals surface area contributed by atoms with E-state index in [0.29, 0.717) is 29.1 Å². The van der Waals surface area contributed by atoms with Gasteiger partial charge in [0, 0.05) is 0 Å². The molecule has 1 aromatic heterocycles. The predicted octanol–water partition coefficient (Wildman–Crippen LogP) is 4.28. The molecule has 0 fully saturated rings. The van der Waals surface area contributed by atoms with Gasteiger partial charge in [0.1, 0.15) is 5.82 Å². The molecule has 0 saturated heterocycles. The Bertz CT molecular complexity index is 976. The third-order valence-electron chi connectivity index (χ3n) is 4.01. The average molecular weight is 350 g/mol. The smallest absolute Gasteiger partial charge is 0.259 e. The predicted molar refractivity (Wildman–Crippen MR) is 105 cm³/mol. The summed E-state index contributed by atoms with van der Waals surface area (Å²) in [6.07, 6.45) is 5.75. The summed E-state index contributed by atoms with van der Waals surface area (Å²) in [5.74, 6) is 1.93. The second-order valence-electron chi connectivity index (χ2n) is 5.91. The fourth-order valence-corrected chi connectivity index (χ4v) is 2.59. The van der Waals surface area contributed by atoms with E-state index in [0.717, 1.165) is 24.2 Å². The molecule has 0 bridgehead atoms. The van der Waals surface area contributed by atoms with E-state index in [1.807, 2.05) is 42.5 Å². The van der Waals surface area contributed by atoms with Crippen LogP contribution in [0.4, 0.5) is 0 Å². The Labute approximate surface area is 152 Å². The van der Waals surface area contributed by atoms with Crippen molar-refractivity contribution in [3.05, 3.63) is 64.2 Å². The van der Waals surface area contributed by atoms with Crippen LogP contribution in [-0.2, 0) is 0 Å². The second-order valence-corrected chi connectivity index (χ2v) is 5.91. The van der Waals surface area contributed by atoms with E-state index in [1.165, 1.54) is 0 Å². The molecule has 0 unspecified atom stereocenters. The summed E-state index contributed by atoms with van der Waals surface area (Å²) in [6.45, 7) is 2.80. The van der Waals surface area contributed by atoms with E-state index in [4.69, 9.17) is 9.47 Å². The quantitative estimate of drug-likeness (QED) is 0.646. The zero-order chi connectivity index (χ0) is 18.4. The van der Waals surface area contributed by atoms with Crippen molar-refractivity contribution in [1.29, 1.82) is 0 Å². The third kappa shape index (κ3) is 4.11. The van der Waals surface area contributed by atoms with Crippen molar-refractivity contribution in [3.63, 3.8) is 0 Å². The molecule has 5 nitrogen and oxygen atoms in total. The molecule has 134 valence electrons. The van der Waals surface area contributed by atoms with Crippen LogP contribution in [0.15, 0.2) is 47.3 Å². The summed E-state index contributed by atoms with van der Waals surface area (Å²) in [4.78, 5) is 19.4. The van der Waals surface area contributed by atoms with Crippen molar-refractivity contribution >= 4 is 23.1 Å². The van der Waals surface area contributed by atoms with E-state index in [-0.39, 0.29) is 5.56 Å². The van der Waals surface area contributed by atoms with Crippen molar-refractivity contribution in [3.8, 4) is 11.5 Å². The van der Waals surface area contributed by atoms with E-state index in [2.05, 4.69) is 16.9 Å². The number of hydrogen-bond donors (Lipinski definition) is 1. The number of para-hydroxylation sites is 1. The Balaban J connectivity index is 1.83. The van der Waals surface area contributed by atoms with Gasteiger partial charge in [-0.25, -0.2) is 4.98 Å². The fraction of sp³-hybridized carbons (Fsp3) is 0.238. The highest BCUT2D eigenvalue weighted by Gasteiger charge is 2.05. The minimum Gasteiger partial charge on any atom is -0.493 e. The minimum absolute atomic E-state index is 0.146. The highest BCUT2D eigenvalue weighted by Crippen LogP contribution is 2.29. The SMILES string of the molecule is CCCCOc1ccc(/C=C/c2nc3ccccc3c(=O)[nH]2)cc1OC. The monoisotopic (exact) mass is 350 g/mol. The van der Waals surface area contributed by atoms with Crippen LogP contribution in [0.25, 0.3) is 23.1 Å². The number of ether oxygens (including phenoxy) is 2. The molecule has 0 aliphatic heterocycles. The molecule has 2 aromatic carbocycles. The topological polar surface area (TPSA) is 64.2 Å². The average Bonchev–Trinajstić information content (AvgIpc) is 2.67. The lowest BCUT2D eigenvalue weighted by atomic mass is 10.2. The number of aromatic nitrogens is 2. The molecular weight excluding hydrogens is 328 g/mol. The van der Waals surface area contributed by atoms with Crippen LogP contribution in [0, 0.1) is 0 Å². The maximum absolute atomic E-state index is 12.1. The van der Waals surface area contributed by atoms with Crippen LogP contribution in [-0.4, -0.2) is 23.7 Å². The van der Waals surface area contributed by atoms with E-state index < -0.39 is 0 Å². The third-order valence-corrected chi connectivity index (χ3v) is 4.01. The first-order valence-corrected chi connectivity index (χ1v) is 8.69. The summed E-state index contributed by atoms with van der Waals surface area (Å²) < 4.78 is 11.2. The van der Waals surface area contributed by atoms with Crippen molar-refractivity contribution in [2.75, 3.05) is 13.7 Å². The lowest BCUT2D eigenvalue weighted by Crippen LogP contribution is -2.09. The first-order chi connectivity index (χ1) is 12.7. The van der Waals surface area contributed by atoms with E-state index in [9.17, 15) is 4.79 Å². The molecule has 3 rings (SSSR count).